The minimum Gasteiger partial charge on any atom is -0.497 e. The molecule has 2 atom stereocenters. The molecular formula is C21H24N2O6. The molecule has 8 nitrogen and oxygen atoms in total. The predicted octanol–water partition coefficient (Wildman–Crippen LogP) is 3.85. The number of ether oxygens (including phenoxy) is 3. The Morgan fingerprint density at radius 3 is 2.31 bits per heavy atom. The zero-order valence-corrected chi connectivity index (χ0v) is 16.8. The molecule has 0 spiro atoms. The van der Waals surface area contributed by atoms with Crippen molar-refractivity contribution in [3.8, 4) is 5.75 Å². The molecule has 1 aliphatic rings. The highest BCUT2D eigenvalue weighted by molar-refractivity contribution is 5.78. The van der Waals surface area contributed by atoms with Crippen molar-refractivity contribution in [2.75, 3.05) is 18.6 Å². The number of nitrogens with zero attached hydrogens (tertiary/aromatic N) is 2. The molecule has 0 aliphatic carbocycles. The molecule has 2 aromatic rings. The van der Waals surface area contributed by atoms with Crippen LogP contribution in [-0.4, -0.2) is 36.4 Å². The summed E-state index contributed by atoms with van der Waals surface area (Å²) < 4.78 is 16.6. The highest BCUT2D eigenvalue weighted by Crippen LogP contribution is 2.45. The molecule has 3 rings (SSSR count). The first-order valence-corrected chi connectivity index (χ1v) is 9.30. The summed E-state index contributed by atoms with van der Waals surface area (Å²) in [6.07, 6.45) is -0.881. The summed E-state index contributed by atoms with van der Waals surface area (Å²) >= 11 is 0. The van der Waals surface area contributed by atoms with Crippen LogP contribution in [0.1, 0.15) is 32.4 Å². The first-order valence-electron chi connectivity index (χ1n) is 9.30. The lowest BCUT2D eigenvalue weighted by molar-refractivity contribution is -0.384. The van der Waals surface area contributed by atoms with Crippen molar-refractivity contribution < 1.29 is 23.9 Å². The Labute approximate surface area is 169 Å². The third kappa shape index (κ3) is 4.02. The number of anilines is 1. The number of benzene rings is 2. The van der Waals surface area contributed by atoms with Gasteiger partial charge >= 0.3 is 5.97 Å². The van der Waals surface area contributed by atoms with E-state index >= 15 is 0 Å². The third-order valence-electron chi connectivity index (χ3n) is 4.88. The van der Waals surface area contributed by atoms with E-state index in [1.165, 1.54) is 12.1 Å². The van der Waals surface area contributed by atoms with Gasteiger partial charge in [-0.05, 0) is 50.6 Å². The molecule has 1 saturated heterocycles. The van der Waals surface area contributed by atoms with E-state index in [0.29, 0.717) is 5.75 Å². The van der Waals surface area contributed by atoms with Crippen molar-refractivity contribution in [1.29, 1.82) is 0 Å². The van der Waals surface area contributed by atoms with Crippen LogP contribution >= 0.6 is 0 Å². The van der Waals surface area contributed by atoms with Gasteiger partial charge in [-0.2, -0.15) is 0 Å². The van der Waals surface area contributed by atoms with Crippen molar-refractivity contribution >= 4 is 17.3 Å². The minimum absolute atomic E-state index is 0.0180. The van der Waals surface area contributed by atoms with Crippen molar-refractivity contribution in [2.45, 2.75) is 38.6 Å². The SMILES string of the molecule is CCOC(=O)[C@@H]1OC(C)(C)N(c2ccc(OC)cc2)[C@@H]1c1ccc([N+](=O)[O-])cc1. The largest absolute Gasteiger partial charge is 0.497 e. The maximum Gasteiger partial charge on any atom is 0.337 e. The second-order valence-corrected chi connectivity index (χ2v) is 7.10. The van der Waals surface area contributed by atoms with Crippen molar-refractivity contribution in [2.24, 2.45) is 0 Å². The summed E-state index contributed by atoms with van der Waals surface area (Å²) in [4.78, 5) is 25.2. The van der Waals surface area contributed by atoms with Gasteiger partial charge in [0.1, 0.15) is 11.5 Å². The van der Waals surface area contributed by atoms with Crippen LogP contribution in [0.25, 0.3) is 0 Å². The van der Waals surface area contributed by atoms with E-state index in [1.54, 1.807) is 26.2 Å². The number of carbonyl (C=O) groups is 1. The first kappa shape index (κ1) is 20.6. The van der Waals surface area contributed by atoms with Crippen LogP contribution in [-0.2, 0) is 14.3 Å². The van der Waals surface area contributed by atoms with Crippen LogP contribution in [0, 0.1) is 10.1 Å². The number of nitro benzene ring substituents is 1. The zero-order valence-electron chi connectivity index (χ0n) is 16.8. The fourth-order valence-corrected chi connectivity index (χ4v) is 3.64. The van der Waals surface area contributed by atoms with Crippen molar-refractivity contribution in [3.63, 3.8) is 0 Å². The van der Waals surface area contributed by atoms with Gasteiger partial charge in [0.25, 0.3) is 5.69 Å². The molecule has 29 heavy (non-hydrogen) atoms. The number of carbonyl (C=O) groups excluding carboxylic acids is 1. The number of non-ortho nitro benzene ring substituents is 1. The van der Waals surface area contributed by atoms with Gasteiger partial charge in [0.15, 0.2) is 6.10 Å². The second-order valence-electron chi connectivity index (χ2n) is 7.10. The van der Waals surface area contributed by atoms with Crippen LogP contribution in [0.2, 0.25) is 0 Å². The van der Waals surface area contributed by atoms with E-state index in [0.717, 1.165) is 11.3 Å². The quantitative estimate of drug-likeness (QED) is 0.413. The van der Waals surface area contributed by atoms with Gasteiger partial charge in [-0.3, -0.25) is 10.1 Å². The van der Waals surface area contributed by atoms with Crippen molar-refractivity contribution in [1.82, 2.24) is 0 Å². The van der Waals surface area contributed by atoms with Crippen LogP contribution in [0.5, 0.6) is 5.75 Å². The van der Waals surface area contributed by atoms with E-state index in [2.05, 4.69) is 0 Å². The average Bonchev–Trinajstić information content (AvgIpc) is 2.99. The average molecular weight is 400 g/mol. The van der Waals surface area contributed by atoms with Gasteiger partial charge < -0.3 is 19.1 Å². The van der Waals surface area contributed by atoms with E-state index in [9.17, 15) is 14.9 Å². The Kier molecular flexibility index (Phi) is 5.74. The molecule has 2 aromatic carbocycles. The summed E-state index contributed by atoms with van der Waals surface area (Å²) in [5, 5.41) is 11.0. The number of esters is 1. The minimum atomic E-state index is -0.881. The lowest BCUT2D eigenvalue weighted by Gasteiger charge is -2.36. The summed E-state index contributed by atoms with van der Waals surface area (Å²) in [7, 11) is 1.59. The molecule has 0 radical (unpaired) electrons. The Hall–Kier alpha value is -3.13. The monoisotopic (exact) mass is 400 g/mol. The highest BCUT2D eigenvalue weighted by Gasteiger charge is 2.51. The fraction of sp³-hybridized carbons (Fsp3) is 0.381. The van der Waals surface area contributed by atoms with Crippen LogP contribution in [0.15, 0.2) is 48.5 Å². The molecule has 0 saturated carbocycles. The molecule has 8 heteroatoms. The Bertz CT molecular complexity index is 879. The standard InChI is InChI=1S/C21H24N2O6/c1-5-28-20(24)19-18(14-6-8-16(9-7-14)23(25)26)22(21(2,3)29-19)15-10-12-17(27-4)13-11-15/h6-13,18-19H,5H2,1-4H3/t18-,19-/m1/s1. The van der Waals surface area contributed by atoms with Gasteiger partial charge in [0.05, 0.1) is 24.7 Å². The number of nitro groups is 1. The zero-order chi connectivity index (χ0) is 21.2. The summed E-state index contributed by atoms with van der Waals surface area (Å²) in [6, 6.07) is 13.1. The lowest BCUT2D eigenvalue weighted by atomic mass is 9.98. The molecule has 1 fully saturated rings. The van der Waals surface area contributed by atoms with E-state index < -0.39 is 28.8 Å². The Balaban J connectivity index is 2.08. The molecule has 0 aromatic heterocycles. The van der Waals surface area contributed by atoms with Crippen molar-refractivity contribution in [3.05, 3.63) is 64.2 Å². The first-order chi connectivity index (χ1) is 13.8. The van der Waals surface area contributed by atoms with Gasteiger partial charge in [-0.1, -0.05) is 12.1 Å². The van der Waals surface area contributed by atoms with Crippen LogP contribution in [0.4, 0.5) is 11.4 Å². The molecule has 1 heterocycles. The number of methoxy groups -OCH3 is 1. The summed E-state index contributed by atoms with van der Waals surface area (Å²) in [5.74, 6) is 0.237. The molecule has 0 unspecified atom stereocenters. The lowest BCUT2D eigenvalue weighted by Crippen LogP contribution is -2.40. The Morgan fingerprint density at radius 1 is 1.17 bits per heavy atom. The number of hydrogen-bond donors (Lipinski definition) is 0. The van der Waals surface area contributed by atoms with E-state index in [4.69, 9.17) is 14.2 Å². The smallest absolute Gasteiger partial charge is 0.337 e. The second kappa shape index (κ2) is 8.08. The third-order valence-corrected chi connectivity index (χ3v) is 4.88. The Morgan fingerprint density at radius 2 is 1.79 bits per heavy atom. The topological polar surface area (TPSA) is 91.1 Å². The van der Waals surface area contributed by atoms with Crippen LogP contribution < -0.4 is 9.64 Å². The summed E-state index contributed by atoms with van der Waals surface area (Å²) in [5.41, 5.74) is 0.704. The van der Waals surface area contributed by atoms with Gasteiger partial charge in [0.2, 0.25) is 0 Å². The number of rotatable bonds is 6. The molecular weight excluding hydrogens is 376 g/mol. The highest BCUT2D eigenvalue weighted by atomic mass is 16.6. The molecule has 1 aliphatic heterocycles. The van der Waals surface area contributed by atoms with Gasteiger partial charge in [0, 0.05) is 17.8 Å². The van der Waals surface area contributed by atoms with Crippen LogP contribution in [0.3, 0.4) is 0 Å². The van der Waals surface area contributed by atoms with Gasteiger partial charge in [-0.15, -0.1) is 0 Å². The fourth-order valence-electron chi connectivity index (χ4n) is 3.64. The molecule has 0 bridgehead atoms. The molecule has 0 N–H and O–H groups in total. The predicted molar refractivity (Wildman–Crippen MR) is 107 cm³/mol. The van der Waals surface area contributed by atoms with E-state index in [1.807, 2.05) is 43.0 Å². The number of hydrogen-bond acceptors (Lipinski definition) is 7. The molecule has 0 amide bonds. The maximum absolute atomic E-state index is 12.7. The normalized spacial score (nSPS) is 20.3. The van der Waals surface area contributed by atoms with E-state index in [-0.39, 0.29) is 12.3 Å². The van der Waals surface area contributed by atoms with Gasteiger partial charge in [-0.25, -0.2) is 4.79 Å². The molecule has 154 valence electrons. The summed E-state index contributed by atoms with van der Waals surface area (Å²) in [6.45, 7) is 5.71. The maximum atomic E-state index is 12.7.